The normalized spacial score (nSPS) is 24.0. The summed E-state index contributed by atoms with van der Waals surface area (Å²) < 4.78 is 0. The maximum Gasteiger partial charge on any atom is 0.0675 e. The van der Waals surface area contributed by atoms with Crippen molar-refractivity contribution in [3.63, 3.8) is 0 Å². The zero-order chi connectivity index (χ0) is 15.6. The van der Waals surface area contributed by atoms with E-state index >= 15 is 0 Å². The van der Waals surface area contributed by atoms with Crippen LogP contribution in [0.4, 0.5) is 0 Å². The Labute approximate surface area is 132 Å². The molecule has 2 aromatic rings. The first-order chi connectivity index (χ1) is 10.6. The fraction of sp³-hybridized carbons (Fsp3) is 0.368. The van der Waals surface area contributed by atoms with Gasteiger partial charge in [-0.25, -0.2) is 0 Å². The Morgan fingerprint density at radius 3 is 2.59 bits per heavy atom. The highest BCUT2D eigenvalue weighted by atomic mass is 15.0. The molecule has 2 aromatic heterocycles. The number of aromatic nitrogens is 2. The highest BCUT2D eigenvalue weighted by Gasteiger charge is 2.40. The molecule has 1 aliphatic rings. The maximum atomic E-state index is 4.72. The van der Waals surface area contributed by atoms with Crippen molar-refractivity contribution in [1.82, 2.24) is 15.3 Å². The molecule has 22 heavy (non-hydrogen) atoms. The van der Waals surface area contributed by atoms with Gasteiger partial charge < -0.3 is 5.32 Å². The molecule has 0 bridgehead atoms. The van der Waals surface area contributed by atoms with Gasteiger partial charge in [-0.2, -0.15) is 0 Å². The van der Waals surface area contributed by atoms with Crippen molar-refractivity contribution in [2.24, 2.45) is 0 Å². The summed E-state index contributed by atoms with van der Waals surface area (Å²) in [4.78, 5) is 9.37. The van der Waals surface area contributed by atoms with Crippen LogP contribution in [-0.4, -0.2) is 22.1 Å². The lowest BCUT2D eigenvalue weighted by molar-refractivity contribution is 0.329. The molecule has 3 nitrogen and oxygen atoms in total. The van der Waals surface area contributed by atoms with Crippen LogP contribution in [0.3, 0.4) is 0 Å². The number of hydrogen-bond donors (Lipinski definition) is 1. The Hall–Kier alpha value is -2.00. The summed E-state index contributed by atoms with van der Waals surface area (Å²) >= 11 is 0. The first kappa shape index (κ1) is 14.9. The van der Waals surface area contributed by atoms with E-state index in [1.165, 1.54) is 5.56 Å². The lowest BCUT2D eigenvalue weighted by atomic mass is 9.73. The molecule has 2 unspecified atom stereocenters. The number of nitrogens with one attached hydrogen (secondary N) is 1. The van der Waals surface area contributed by atoms with Gasteiger partial charge in [-0.1, -0.05) is 24.3 Å². The molecule has 0 radical (unpaired) electrons. The van der Waals surface area contributed by atoms with Crippen LogP contribution in [0.25, 0.3) is 0 Å². The predicted octanol–water partition coefficient (Wildman–Crippen LogP) is 3.40. The second-order valence-corrected chi connectivity index (χ2v) is 6.31. The van der Waals surface area contributed by atoms with Crippen LogP contribution >= 0.6 is 0 Å². The summed E-state index contributed by atoms with van der Waals surface area (Å²) in [7, 11) is 0. The Bertz CT molecular complexity index is 648. The van der Waals surface area contributed by atoms with Crippen molar-refractivity contribution < 1.29 is 0 Å². The molecule has 0 spiro atoms. The van der Waals surface area contributed by atoms with Gasteiger partial charge in [-0.05, 0) is 51.0 Å². The van der Waals surface area contributed by atoms with E-state index < -0.39 is 0 Å². The number of aryl methyl sites for hydroxylation is 1. The summed E-state index contributed by atoms with van der Waals surface area (Å²) in [6.45, 7) is 6.50. The van der Waals surface area contributed by atoms with Crippen molar-refractivity contribution in [3.8, 4) is 0 Å². The number of hydrogen-bond acceptors (Lipinski definition) is 3. The molecule has 3 heterocycles. The Kier molecular flexibility index (Phi) is 4.08. The van der Waals surface area contributed by atoms with Crippen LogP contribution in [0.5, 0.6) is 0 Å². The van der Waals surface area contributed by atoms with E-state index in [0.717, 1.165) is 17.8 Å². The zero-order valence-electron chi connectivity index (χ0n) is 13.5. The van der Waals surface area contributed by atoms with Gasteiger partial charge >= 0.3 is 0 Å². The Balaban J connectivity index is 2.09. The summed E-state index contributed by atoms with van der Waals surface area (Å²) in [5, 5.41) is 3.70. The van der Waals surface area contributed by atoms with Crippen molar-refractivity contribution in [2.45, 2.75) is 44.7 Å². The van der Waals surface area contributed by atoms with E-state index in [4.69, 9.17) is 4.98 Å². The van der Waals surface area contributed by atoms with Crippen molar-refractivity contribution in [1.29, 1.82) is 0 Å². The largest absolute Gasteiger partial charge is 0.306 e. The minimum absolute atomic E-state index is 0.256. The van der Waals surface area contributed by atoms with Crippen molar-refractivity contribution >= 4 is 0 Å². The maximum absolute atomic E-state index is 4.72. The summed E-state index contributed by atoms with van der Waals surface area (Å²) in [5.74, 6) is 0. The first-order valence-corrected chi connectivity index (χ1v) is 7.88. The van der Waals surface area contributed by atoms with E-state index in [1.54, 1.807) is 0 Å². The van der Waals surface area contributed by atoms with E-state index in [9.17, 15) is 0 Å². The second-order valence-electron chi connectivity index (χ2n) is 6.31. The number of nitrogens with zero attached hydrogens (tertiary/aromatic N) is 2. The molecule has 0 aromatic carbocycles. The molecule has 1 aliphatic heterocycles. The summed E-state index contributed by atoms with van der Waals surface area (Å²) in [6.07, 6.45) is 9.27. The van der Waals surface area contributed by atoms with Gasteiger partial charge in [0.25, 0.3) is 0 Å². The number of rotatable bonds is 3. The van der Waals surface area contributed by atoms with Gasteiger partial charge in [0, 0.05) is 24.5 Å². The molecular weight excluding hydrogens is 270 g/mol. The van der Waals surface area contributed by atoms with Gasteiger partial charge in [0.1, 0.15) is 0 Å². The van der Waals surface area contributed by atoms with Crippen molar-refractivity contribution in [2.75, 3.05) is 0 Å². The Morgan fingerprint density at radius 1 is 1.14 bits per heavy atom. The van der Waals surface area contributed by atoms with Crippen LogP contribution in [0, 0.1) is 6.92 Å². The zero-order valence-corrected chi connectivity index (χ0v) is 13.5. The average Bonchev–Trinajstić information content (AvgIpc) is 2.55. The molecule has 3 heteroatoms. The standard InChI is InChI=1S/C19H23N3/c1-14-10-11-17(21-13-14)19(3,16-8-4-5-12-20-16)18-9-6-7-15(2)22-18/h4-8,10-13,15,18,22H,9H2,1-3H3/t15-,18?,19?/m1/s1. The topological polar surface area (TPSA) is 37.8 Å². The van der Waals surface area contributed by atoms with Crippen LogP contribution in [0.2, 0.25) is 0 Å². The van der Waals surface area contributed by atoms with E-state index in [-0.39, 0.29) is 11.5 Å². The highest BCUT2D eigenvalue weighted by Crippen LogP contribution is 2.35. The number of pyridine rings is 2. The fourth-order valence-corrected chi connectivity index (χ4v) is 3.20. The van der Waals surface area contributed by atoms with Gasteiger partial charge in [-0.3, -0.25) is 9.97 Å². The lowest BCUT2D eigenvalue weighted by Crippen LogP contribution is -2.52. The second kappa shape index (κ2) is 6.01. The summed E-state index contributed by atoms with van der Waals surface area (Å²) in [6, 6.07) is 11.0. The van der Waals surface area contributed by atoms with Gasteiger partial charge in [0.15, 0.2) is 0 Å². The van der Waals surface area contributed by atoms with Crippen LogP contribution in [0.15, 0.2) is 54.9 Å². The molecule has 0 saturated heterocycles. The minimum atomic E-state index is -0.256. The SMILES string of the molecule is Cc1ccc(C(C)(c2ccccn2)C2CC=C[C@@H](C)N2)nc1. The molecule has 1 N–H and O–H groups in total. The van der Waals surface area contributed by atoms with Crippen LogP contribution in [0.1, 0.15) is 37.2 Å². The molecule has 0 amide bonds. The van der Waals surface area contributed by atoms with E-state index in [1.807, 2.05) is 18.5 Å². The third-order valence-electron chi connectivity index (χ3n) is 4.60. The van der Waals surface area contributed by atoms with Gasteiger partial charge in [-0.15, -0.1) is 0 Å². The molecular formula is C19H23N3. The van der Waals surface area contributed by atoms with Crippen molar-refractivity contribution in [3.05, 3.63) is 71.8 Å². The van der Waals surface area contributed by atoms with Crippen LogP contribution in [-0.2, 0) is 5.41 Å². The summed E-state index contributed by atoms with van der Waals surface area (Å²) in [5.41, 5.74) is 3.05. The molecule has 0 saturated carbocycles. The third kappa shape index (κ3) is 2.69. The quantitative estimate of drug-likeness (QED) is 0.881. The van der Waals surface area contributed by atoms with E-state index in [2.05, 4.69) is 67.5 Å². The lowest BCUT2D eigenvalue weighted by Gasteiger charge is -2.40. The monoisotopic (exact) mass is 293 g/mol. The molecule has 0 fully saturated rings. The minimum Gasteiger partial charge on any atom is -0.306 e. The Morgan fingerprint density at radius 2 is 1.95 bits per heavy atom. The smallest absolute Gasteiger partial charge is 0.0675 e. The molecule has 3 rings (SSSR count). The van der Waals surface area contributed by atoms with Crippen LogP contribution < -0.4 is 5.32 Å². The molecule has 0 aliphatic carbocycles. The third-order valence-corrected chi connectivity index (χ3v) is 4.60. The molecule has 114 valence electrons. The van der Waals surface area contributed by atoms with E-state index in [0.29, 0.717) is 6.04 Å². The fourth-order valence-electron chi connectivity index (χ4n) is 3.20. The average molecular weight is 293 g/mol. The first-order valence-electron chi connectivity index (χ1n) is 7.88. The predicted molar refractivity (Wildman–Crippen MR) is 89.8 cm³/mol. The van der Waals surface area contributed by atoms with Gasteiger partial charge in [0.2, 0.25) is 0 Å². The molecule has 3 atom stereocenters. The highest BCUT2D eigenvalue weighted by molar-refractivity contribution is 5.35. The van der Waals surface area contributed by atoms with Gasteiger partial charge in [0.05, 0.1) is 16.8 Å².